The van der Waals surface area contributed by atoms with Gasteiger partial charge >= 0.3 is 0 Å². The predicted octanol–water partition coefficient (Wildman–Crippen LogP) is 32.1. The fourth-order valence-electron chi connectivity index (χ4n) is 18.0. The fraction of sp³-hybridized carbons (Fsp3) is 0.188. The van der Waals surface area contributed by atoms with E-state index in [4.69, 9.17) is 0 Å². The molecular formula is C96H80N4S8. The molecule has 20 rings (SSSR count). The average molecular weight is 1550 g/mol. The van der Waals surface area contributed by atoms with E-state index in [0.29, 0.717) is 0 Å². The van der Waals surface area contributed by atoms with Crippen molar-refractivity contribution in [1.82, 2.24) is 0 Å². The van der Waals surface area contributed by atoms with Crippen LogP contribution in [-0.4, -0.2) is 5.25 Å². The Morgan fingerprint density at radius 3 is 0.731 bits per heavy atom. The Labute approximate surface area is 663 Å². The molecule has 7 aromatic heterocycles. The molecule has 2 aliphatic rings. The van der Waals surface area contributed by atoms with Gasteiger partial charge in [0, 0.05) is 159 Å². The summed E-state index contributed by atoms with van der Waals surface area (Å²) < 4.78 is 9.15. The van der Waals surface area contributed by atoms with Crippen LogP contribution in [0.4, 0.5) is 62.6 Å². The highest BCUT2D eigenvalue weighted by atomic mass is 32.2. The Morgan fingerprint density at radius 2 is 0.481 bits per heavy atom. The third kappa shape index (κ3) is 10.4. The number of aryl methyl sites for hydroxylation is 7. The molecule has 0 radical (unpaired) electrons. The van der Waals surface area contributed by atoms with Crippen molar-refractivity contribution in [3.8, 4) is 0 Å². The number of hydrogen-bond donors (Lipinski definition) is 0. The summed E-state index contributed by atoms with van der Waals surface area (Å²) in [4.78, 5) is 22.4. The third-order valence-corrected chi connectivity index (χ3v) is 33.2. The van der Waals surface area contributed by atoms with Crippen LogP contribution in [0, 0.1) is 5.92 Å². The van der Waals surface area contributed by atoms with Gasteiger partial charge in [-0.05, 0) is 106 Å². The molecule has 8 heterocycles. The molecule has 0 fully saturated rings. The second-order valence-corrected chi connectivity index (χ2v) is 37.6. The highest BCUT2D eigenvalue weighted by molar-refractivity contribution is 8.04. The van der Waals surface area contributed by atoms with E-state index in [9.17, 15) is 0 Å². The van der Waals surface area contributed by atoms with Crippen LogP contribution in [0.5, 0.6) is 0 Å². The van der Waals surface area contributed by atoms with Gasteiger partial charge in [0.1, 0.15) is 0 Å². The van der Waals surface area contributed by atoms with E-state index in [1.165, 1.54) is 210 Å². The van der Waals surface area contributed by atoms with E-state index in [0.717, 1.165) is 51.4 Å². The van der Waals surface area contributed by atoms with Crippen LogP contribution in [0.1, 0.15) is 96.0 Å². The van der Waals surface area contributed by atoms with E-state index in [1.54, 1.807) is 0 Å². The topological polar surface area (TPSA) is 13.0 Å². The minimum Gasteiger partial charge on any atom is -0.310 e. The largest absolute Gasteiger partial charge is 0.310 e. The lowest BCUT2D eigenvalue weighted by atomic mass is 9.88. The van der Waals surface area contributed by atoms with Crippen LogP contribution in [0.25, 0.3) is 103 Å². The Kier molecular flexibility index (Phi) is 17.4. The van der Waals surface area contributed by atoms with Crippen molar-refractivity contribution in [1.29, 1.82) is 0 Å². The summed E-state index contributed by atoms with van der Waals surface area (Å²) in [6, 6.07) is 80.8. The van der Waals surface area contributed by atoms with Gasteiger partial charge in [-0.2, -0.15) is 0 Å². The molecule has 2 atom stereocenters. The molecule has 1 aliphatic carbocycles. The number of fused-ring (bicyclic) bond motifs is 8. The van der Waals surface area contributed by atoms with Crippen LogP contribution in [0.15, 0.2) is 241 Å². The Morgan fingerprint density at radius 1 is 0.250 bits per heavy atom. The van der Waals surface area contributed by atoms with Crippen molar-refractivity contribution in [3.05, 3.63) is 275 Å². The van der Waals surface area contributed by atoms with Crippen LogP contribution < -0.4 is 19.6 Å². The van der Waals surface area contributed by atoms with E-state index >= 15 is 0 Å². The molecule has 0 spiro atoms. The summed E-state index contributed by atoms with van der Waals surface area (Å²) >= 11 is 15.9. The molecule has 0 saturated carbocycles. The summed E-state index contributed by atoms with van der Waals surface area (Å²) in [7, 11) is 0. The lowest BCUT2D eigenvalue weighted by Crippen LogP contribution is -2.26. The quantitative estimate of drug-likeness (QED) is 0.0703. The maximum Gasteiger partial charge on any atom is 0.0680 e. The third-order valence-electron chi connectivity index (χ3n) is 22.6. The molecule has 0 N–H and O–H groups in total. The minimum absolute atomic E-state index is 0.125. The van der Waals surface area contributed by atoms with Crippen molar-refractivity contribution in [2.75, 3.05) is 19.6 Å². The van der Waals surface area contributed by atoms with Crippen molar-refractivity contribution < 1.29 is 0 Å². The number of rotatable bonds is 20. The van der Waals surface area contributed by atoms with Gasteiger partial charge in [0.25, 0.3) is 0 Å². The molecule has 12 heteroatoms. The van der Waals surface area contributed by atoms with Gasteiger partial charge in [-0.3, -0.25) is 0 Å². The van der Waals surface area contributed by atoms with Gasteiger partial charge in [-0.15, -0.1) is 91.1 Å². The molecule has 0 saturated heterocycles. The normalized spacial score (nSPS) is 14.6. The van der Waals surface area contributed by atoms with E-state index < -0.39 is 0 Å². The maximum absolute atomic E-state index is 2.87. The van der Waals surface area contributed by atoms with E-state index in [1.807, 2.05) is 79.4 Å². The summed E-state index contributed by atoms with van der Waals surface area (Å²) in [5, 5.41) is 16.7. The zero-order valence-corrected chi connectivity index (χ0v) is 68.3. The molecule has 2 unspecified atom stereocenters. The summed E-state index contributed by atoms with van der Waals surface area (Å²) in [6.45, 7) is 19.1. The van der Waals surface area contributed by atoms with Gasteiger partial charge in [0.15, 0.2) is 0 Å². The lowest BCUT2D eigenvalue weighted by molar-refractivity contribution is 0.771. The smallest absolute Gasteiger partial charge is 0.0680 e. The Hall–Kier alpha value is -9.05. The second-order valence-electron chi connectivity index (χ2n) is 28.3. The number of thioether (sulfide) groups is 1. The molecule has 0 bridgehead atoms. The number of nitrogens with zero attached hydrogens (tertiary/aromatic N) is 4. The number of hydrogen-bond acceptors (Lipinski definition) is 12. The zero-order chi connectivity index (χ0) is 72.7. The van der Waals surface area contributed by atoms with Crippen LogP contribution in [0.3, 0.4) is 0 Å². The van der Waals surface area contributed by atoms with Crippen molar-refractivity contribution in [2.45, 2.75) is 112 Å². The molecule has 18 aromatic rings. The number of allylic oxidation sites excluding steroid dienone is 4. The van der Waals surface area contributed by atoms with Crippen molar-refractivity contribution >= 4 is 257 Å². The van der Waals surface area contributed by atoms with Gasteiger partial charge < -0.3 is 19.6 Å². The van der Waals surface area contributed by atoms with Gasteiger partial charge in [0.2, 0.25) is 0 Å². The van der Waals surface area contributed by atoms with Crippen LogP contribution >= 0.6 is 91.1 Å². The minimum atomic E-state index is 0.125. The summed E-state index contributed by atoms with van der Waals surface area (Å²) in [5.74, 6) is 0.125. The molecule has 108 heavy (non-hydrogen) atoms. The van der Waals surface area contributed by atoms with Crippen molar-refractivity contribution in [3.63, 3.8) is 0 Å². The predicted molar refractivity (Wildman–Crippen MR) is 487 cm³/mol. The second kappa shape index (κ2) is 27.5. The fourth-order valence-corrected chi connectivity index (χ4v) is 27.2. The maximum atomic E-state index is 2.87. The monoisotopic (exact) mass is 1540 g/mol. The van der Waals surface area contributed by atoms with E-state index in [2.05, 4.69) is 317 Å². The zero-order valence-electron chi connectivity index (χ0n) is 61.8. The Balaban J connectivity index is 1.05. The first-order valence-electron chi connectivity index (χ1n) is 38.5. The highest BCUT2D eigenvalue weighted by Gasteiger charge is 2.42. The Bertz CT molecular complexity index is 6300. The molecule has 4 nitrogen and oxygen atoms in total. The first kappa shape index (κ1) is 68.2. The average Bonchev–Trinajstić information content (AvgIpc) is 1.09. The van der Waals surface area contributed by atoms with E-state index in [-0.39, 0.29) is 11.2 Å². The number of benzene rings is 11. The summed E-state index contributed by atoms with van der Waals surface area (Å²) in [6.07, 6.45) is 16.7. The molecule has 532 valence electrons. The highest BCUT2D eigenvalue weighted by Crippen LogP contribution is 2.63. The lowest BCUT2D eigenvalue weighted by Gasteiger charge is -2.36. The molecule has 11 aromatic carbocycles. The van der Waals surface area contributed by atoms with Crippen LogP contribution in [0.2, 0.25) is 0 Å². The molecular weight excluding hydrogens is 1470 g/mol. The standard InChI is InChI=1S/C96H80N4S8/c1-9-71-89(59-33-17-25-41-79(59)101-71)97(90-60-34-18-26-42-80(60)102-72(90)10-2)67-53-68(98(91-61-35-19-27-43-81(61)103-73(91)11-3)92-62-36-20-28-44-82(62)104-74(92)12-4)56-51-52-58-70(100(95-65-39-23-31-47-85(65)107-77(95)15-7)96-66-40-24-32-48-86(66)108-78(96)16-8)54-69(57-50-49-55(67)87(56)88(57)58)99(93-63-37-21-29-45-83(63)105-75(93)13-5)94-64-38-22-30-46-84(64)106-76(94)14-6/h17-54,59,79H,9-16H2,1-8H3. The van der Waals surface area contributed by atoms with Gasteiger partial charge in [-0.1, -0.05) is 231 Å². The number of thiophene rings is 7. The van der Waals surface area contributed by atoms with Crippen LogP contribution in [-0.2, 0) is 44.9 Å². The molecule has 0 amide bonds. The summed E-state index contributed by atoms with van der Waals surface area (Å²) in [5.41, 5.74) is 15.1. The first-order valence-corrected chi connectivity index (χ1v) is 45.1. The van der Waals surface area contributed by atoms with Gasteiger partial charge in [0.05, 0.1) is 62.6 Å². The molecule has 1 aliphatic heterocycles. The first-order chi connectivity index (χ1) is 53.3. The SMILES string of the molecule is CCC1=C(N(c2c(CC)sc3ccccc23)c2cc(N(c3c(CC)sc4ccccc34)c3c(CC)sc4ccccc34)c3ccc4c(N(c5c(CC)sc6ccccc56)c5c(CC)sc6ccccc56)cc(N(c5c(CC)sc6ccccc56)c5c(CC)sc6ccccc56)c5ccc2c3c54)C2C=CC=CC2S1. The van der Waals surface area contributed by atoms with Gasteiger partial charge in [-0.25, -0.2) is 0 Å². The number of anilines is 11. The van der Waals surface area contributed by atoms with Crippen molar-refractivity contribution in [2.24, 2.45) is 5.92 Å².